The molecule has 3 N–H and O–H groups in total. The zero-order valence-electron chi connectivity index (χ0n) is 16.2. The van der Waals surface area contributed by atoms with Crippen LogP contribution in [0.5, 0.6) is 0 Å². The van der Waals surface area contributed by atoms with Crippen LogP contribution in [0.1, 0.15) is 43.0 Å². The number of nitrogens with zero attached hydrogens (tertiary/aromatic N) is 2. The highest BCUT2D eigenvalue weighted by Crippen LogP contribution is 2.17. The first kappa shape index (κ1) is 23.4. The van der Waals surface area contributed by atoms with E-state index in [1.807, 2.05) is 24.3 Å². The number of guanidine groups is 1. The molecule has 1 aromatic heterocycles. The van der Waals surface area contributed by atoms with Gasteiger partial charge < -0.3 is 16.0 Å². The van der Waals surface area contributed by atoms with Crippen LogP contribution in [0.15, 0.2) is 34.6 Å². The smallest absolute Gasteiger partial charge is 0.243 e. The van der Waals surface area contributed by atoms with Crippen LogP contribution in [0.2, 0.25) is 0 Å². The van der Waals surface area contributed by atoms with Crippen molar-refractivity contribution < 1.29 is 4.79 Å². The molecule has 0 saturated carbocycles. The van der Waals surface area contributed by atoms with E-state index in [9.17, 15) is 4.79 Å². The van der Waals surface area contributed by atoms with Crippen LogP contribution < -0.4 is 16.0 Å². The van der Waals surface area contributed by atoms with Crippen LogP contribution in [0.4, 0.5) is 5.69 Å². The summed E-state index contributed by atoms with van der Waals surface area (Å²) in [6.45, 7) is 7.07. The molecule has 0 spiro atoms. The number of benzene rings is 1. The van der Waals surface area contributed by atoms with Crippen LogP contribution in [0.25, 0.3) is 0 Å². The van der Waals surface area contributed by atoms with Gasteiger partial charge in [0.05, 0.1) is 18.8 Å². The number of halogens is 1. The predicted molar refractivity (Wildman–Crippen MR) is 124 cm³/mol. The van der Waals surface area contributed by atoms with Crippen molar-refractivity contribution in [3.05, 3.63) is 45.9 Å². The number of amides is 1. The summed E-state index contributed by atoms with van der Waals surface area (Å²) in [5.74, 6) is 0.883. The molecule has 0 aliphatic heterocycles. The number of carbonyl (C=O) groups excluding carboxylic acids is 1. The maximum absolute atomic E-state index is 12.1. The number of thiazole rings is 1. The van der Waals surface area contributed by atoms with Crippen molar-refractivity contribution in [3.8, 4) is 0 Å². The second-order valence-electron chi connectivity index (χ2n) is 6.20. The molecule has 1 amide bonds. The lowest BCUT2D eigenvalue weighted by molar-refractivity contribution is -0.115. The average molecular weight is 501 g/mol. The molecule has 2 aromatic rings. The van der Waals surface area contributed by atoms with Crippen LogP contribution in [0.3, 0.4) is 0 Å². The SMILES string of the molecule is CCc1cccc(NC(=O)CNC(=NC)NCc2nc(C(C)C)cs2)c1.I. The molecule has 0 aliphatic rings. The summed E-state index contributed by atoms with van der Waals surface area (Å²) in [4.78, 5) is 20.8. The Kier molecular flexibility index (Phi) is 10.3. The van der Waals surface area contributed by atoms with Crippen LogP contribution >= 0.6 is 35.3 Å². The van der Waals surface area contributed by atoms with Gasteiger partial charge in [-0.25, -0.2) is 4.98 Å². The van der Waals surface area contributed by atoms with E-state index >= 15 is 0 Å². The first-order valence-corrected chi connectivity index (χ1v) is 9.67. The van der Waals surface area contributed by atoms with E-state index < -0.39 is 0 Å². The van der Waals surface area contributed by atoms with Gasteiger partial charge in [0.2, 0.25) is 5.91 Å². The van der Waals surface area contributed by atoms with E-state index in [4.69, 9.17) is 0 Å². The zero-order valence-corrected chi connectivity index (χ0v) is 19.4. The maximum Gasteiger partial charge on any atom is 0.243 e. The quantitative estimate of drug-likeness (QED) is 0.307. The highest BCUT2D eigenvalue weighted by molar-refractivity contribution is 14.0. The Morgan fingerprint density at radius 3 is 2.70 bits per heavy atom. The largest absolute Gasteiger partial charge is 0.350 e. The predicted octanol–water partition coefficient (Wildman–Crippen LogP) is 3.75. The summed E-state index contributed by atoms with van der Waals surface area (Å²) in [7, 11) is 1.68. The third-order valence-electron chi connectivity index (χ3n) is 3.83. The lowest BCUT2D eigenvalue weighted by Crippen LogP contribution is -2.41. The van der Waals surface area contributed by atoms with E-state index in [2.05, 4.69) is 52.1 Å². The van der Waals surface area contributed by atoms with E-state index in [1.54, 1.807) is 18.4 Å². The number of rotatable bonds is 7. The third-order valence-corrected chi connectivity index (χ3v) is 4.69. The van der Waals surface area contributed by atoms with Crippen LogP contribution in [-0.2, 0) is 17.8 Å². The molecule has 148 valence electrons. The highest BCUT2D eigenvalue weighted by Gasteiger charge is 2.08. The average Bonchev–Trinajstić information content (AvgIpc) is 3.11. The number of anilines is 1. The molecule has 1 aromatic carbocycles. The number of aryl methyl sites for hydroxylation is 1. The molecular formula is C19H28IN5OS. The van der Waals surface area contributed by atoms with E-state index in [-0.39, 0.29) is 36.4 Å². The van der Waals surface area contributed by atoms with E-state index in [0.717, 1.165) is 22.8 Å². The Balaban J connectivity index is 0.00000364. The van der Waals surface area contributed by atoms with Crippen molar-refractivity contribution >= 4 is 52.9 Å². The fourth-order valence-corrected chi connectivity index (χ4v) is 3.18. The minimum atomic E-state index is -0.113. The Morgan fingerprint density at radius 1 is 1.30 bits per heavy atom. The van der Waals surface area contributed by atoms with Gasteiger partial charge in [0.15, 0.2) is 5.96 Å². The van der Waals surface area contributed by atoms with Crippen molar-refractivity contribution in [3.63, 3.8) is 0 Å². The minimum Gasteiger partial charge on any atom is -0.350 e. The molecule has 0 fully saturated rings. The van der Waals surface area contributed by atoms with Crippen molar-refractivity contribution in [2.45, 2.75) is 39.7 Å². The molecule has 0 radical (unpaired) electrons. The lowest BCUT2D eigenvalue weighted by atomic mass is 10.1. The molecule has 0 aliphatic carbocycles. The molecule has 6 nitrogen and oxygen atoms in total. The number of hydrogen-bond donors (Lipinski definition) is 3. The summed E-state index contributed by atoms with van der Waals surface area (Å²) < 4.78 is 0. The molecule has 8 heteroatoms. The third kappa shape index (κ3) is 7.84. The number of carbonyl (C=O) groups is 1. The van der Waals surface area contributed by atoms with Gasteiger partial charge in [-0.15, -0.1) is 35.3 Å². The summed E-state index contributed by atoms with van der Waals surface area (Å²) in [5.41, 5.74) is 3.10. The fraction of sp³-hybridized carbons (Fsp3) is 0.421. The van der Waals surface area contributed by atoms with Crippen LogP contribution in [0, 0.1) is 0 Å². The van der Waals surface area contributed by atoms with Crippen LogP contribution in [-0.4, -0.2) is 30.4 Å². The first-order valence-electron chi connectivity index (χ1n) is 8.79. The van der Waals surface area contributed by atoms with Crippen molar-refractivity contribution in [2.24, 2.45) is 4.99 Å². The summed E-state index contributed by atoms with van der Waals surface area (Å²) >= 11 is 1.62. The standard InChI is InChI=1S/C19H27N5OS.HI/c1-5-14-7-6-8-15(9-14)23-17(25)10-21-19(20-4)22-11-18-24-16(12-26-18)13(2)3;/h6-9,12-13H,5,10-11H2,1-4H3,(H,23,25)(H2,20,21,22);1H. The van der Waals surface area contributed by atoms with Gasteiger partial charge in [-0.05, 0) is 30.0 Å². The Labute approximate surface area is 182 Å². The second kappa shape index (κ2) is 11.9. The van der Waals surface area contributed by atoms with Gasteiger partial charge in [0.25, 0.3) is 0 Å². The second-order valence-corrected chi connectivity index (χ2v) is 7.14. The van der Waals surface area contributed by atoms with E-state index in [0.29, 0.717) is 18.4 Å². The van der Waals surface area contributed by atoms with Gasteiger partial charge in [-0.1, -0.05) is 32.9 Å². The highest BCUT2D eigenvalue weighted by atomic mass is 127. The Morgan fingerprint density at radius 2 is 2.07 bits per heavy atom. The van der Waals surface area contributed by atoms with Gasteiger partial charge in [-0.2, -0.15) is 0 Å². The summed E-state index contributed by atoms with van der Waals surface area (Å²) in [6.07, 6.45) is 0.938. The van der Waals surface area contributed by atoms with Crippen molar-refractivity contribution in [1.29, 1.82) is 0 Å². The number of aromatic nitrogens is 1. The molecule has 0 atom stereocenters. The normalized spacial score (nSPS) is 11.1. The van der Waals surface area contributed by atoms with Crippen molar-refractivity contribution in [1.82, 2.24) is 15.6 Å². The summed E-state index contributed by atoms with van der Waals surface area (Å²) in [5, 5.41) is 12.2. The fourth-order valence-electron chi connectivity index (χ4n) is 2.29. The minimum absolute atomic E-state index is 0. The van der Waals surface area contributed by atoms with Gasteiger partial charge in [-0.3, -0.25) is 9.79 Å². The van der Waals surface area contributed by atoms with E-state index in [1.165, 1.54) is 5.56 Å². The first-order chi connectivity index (χ1) is 12.5. The number of aliphatic imine (C=N–C) groups is 1. The Bertz CT molecular complexity index is 760. The number of hydrogen-bond acceptors (Lipinski definition) is 4. The van der Waals surface area contributed by atoms with Gasteiger partial charge >= 0.3 is 0 Å². The molecule has 0 unspecified atom stereocenters. The summed E-state index contributed by atoms with van der Waals surface area (Å²) in [6, 6.07) is 7.86. The molecular weight excluding hydrogens is 473 g/mol. The topological polar surface area (TPSA) is 78.4 Å². The zero-order chi connectivity index (χ0) is 18.9. The lowest BCUT2D eigenvalue weighted by Gasteiger charge is -2.11. The van der Waals surface area contributed by atoms with Gasteiger partial charge in [0, 0.05) is 18.1 Å². The maximum atomic E-state index is 12.1. The van der Waals surface area contributed by atoms with Gasteiger partial charge in [0.1, 0.15) is 5.01 Å². The monoisotopic (exact) mass is 501 g/mol. The van der Waals surface area contributed by atoms with Crippen molar-refractivity contribution in [2.75, 3.05) is 18.9 Å². The molecule has 27 heavy (non-hydrogen) atoms. The molecule has 0 saturated heterocycles. The molecule has 2 rings (SSSR count). The Hall–Kier alpha value is -1.68. The molecule has 0 bridgehead atoms. The number of nitrogens with one attached hydrogen (secondary N) is 3. The molecule has 1 heterocycles.